The number of aliphatic hydroxyl groups excluding tert-OH is 1. The minimum atomic E-state index is -1.44. The van der Waals surface area contributed by atoms with Crippen LogP contribution in [-0.4, -0.2) is 37.9 Å². The minimum Gasteiger partial charge on any atom is -0.386 e. The molecule has 1 aliphatic rings. The van der Waals surface area contributed by atoms with E-state index in [-0.39, 0.29) is 12.0 Å². The summed E-state index contributed by atoms with van der Waals surface area (Å²) in [6, 6.07) is 2.88. The Morgan fingerprint density at radius 1 is 1.35 bits per heavy atom. The average molecular weight is 328 g/mol. The van der Waals surface area contributed by atoms with Gasteiger partial charge in [0.05, 0.1) is 5.56 Å². The molecule has 7 heteroatoms. The van der Waals surface area contributed by atoms with Gasteiger partial charge in [0.25, 0.3) is 0 Å². The lowest BCUT2D eigenvalue weighted by atomic mass is 10.0. The highest BCUT2D eigenvalue weighted by Crippen LogP contribution is 2.48. The molecule has 1 fully saturated rings. The van der Waals surface area contributed by atoms with Crippen molar-refractivity contribution in [3.63, 3.8) is 0 Å². The molecule has 5 nitrogen and oxygen atoms in total. The first-order chi connectivity index (χ1) is 11.0. The zero-order valence-electron chi connectivity index (χ0n) is 13.1. The molecule has 1 unspecified atom stereocenters. The number of benzene rings is 1. The van der Waals surface area contributed by atoms with E-state index >= 15 is 0 Å². The first kappa shape index (κ1) is 17.6. The maximum atomic E-state index is 13.5. The number of methoxy groups -OCH3 is 1. The van der Waals surface area contributed by atoms with E-state index in [1.807, 2.05) is 0 Å². The SMILES string of the molecule is COCCC1(CNC(=O)NCC(O)c2c(F)cccc2F)CC1. The molecule has 0 saturated heterocycles. The van der Waals surface area contributed by atoms with Gasteiger partial charge in [-0.05, 0) is 36.8 Å². The topological polar surface area (TPSA) is 70.6 Å². The third kappa shape index (κ3) is 4.87. The maximum Gasteiger partial charge on any atom is 0.314 e. The standard InChI is InChI=1S/C16H22F2N2O3/c1-23-8-7-16(5-6-16)10-20-15(22)19-9-13(21)14-11(17)3-2-4-12(14)18/h2-4,13,21H,5-10H2,1H3,(H2,19,20,22). The molecule has 128 valence electrons. The van der Waals surface area contributed by atoms with Crippen LogP contribution < -0.4 is 10.6 Å². The van der Waals surface area contributed by atoms with Gasteiger partial charge in [-0.2, -0.15) is 0 Å². The molecule has 1 aromatic carbocycles. The molecule has 0 aliphatic heterocycles. The van der Waals surface area contributed by atoms with Gasteiger partial charge in [0.1, 0.15) is 17.7 Å². The van der Waals surface area contributed by atoms with Gasteiger partial charge in [-0.25, -0.2) is 13.6 Å². The van der Waals surface area contributed by atoms with E-state index in [2.05, 4.69) is 10.6 Å². The van der Waals surface area contributed by atoms with Crippen molar-refractivity contribution in [2.45, 2.75) is 25.4 Å². The van der Waals surface area contributed by atoms with Crippen molar-refractivity contribution >= 4 is 6.03 Å². The molecule has 1 aromatic rings. The summed E-state index contributed by atoms with van der Waals surface area (Å²) in [5.74, 6) is -1.67. The molecule has 0 bridgehead atoms. The van der Waals surface area contributed by atoms with Crippen molar-refractivity contribution in [2.24, 2.45) is 5.41 Å². The Kier molecular flexibility index (Phi) is 5.90. The second kappa shape index (κ2) is 7.70. The summed E-state index contributed by atoms with van der Waals surface area (Å²) in [6.07, 6.45) is 1.53. The zero-order chi connectivity index (χ0) is 16.9. The highest BCUT2D eigenvalue weighted by molar-refractivity contribution is 5.73. The van der Waals surface area contributed by atoms with Crippen LogP contribution in [0.4, 0.5) is 13.6 Å². The van der Waals surface area contributed by atoms with Crippen LogP contribution >= 0.6 is 0 Å². The molecule has 23 heavy (non-hydrogen) atoms. The molecule has 0 spiro atoms. The number of nitrogens with one attached hydrogen (secondary N) is 2. The van der Waals surface area contributed by atoms with Gasteiger partial charge in [-0.3, -0.25) is 0 Å². The summed E-state index contributed by atoms with van der Waals surface area (Å²) < 4.78 is 32.1. The highest BCUT2D eigenvalue weighted by Gasteiger charge is 2.42. The number of carbonyl (C=O) groups excluding carboxylic acids is 1. The van der Waals surface area contributed by atoms with Crippen molar-refractivity contribution in [3.05, 3.63) is 35.4 Å². The molecule has 3 N–H and O–H groups in total. The number of ether oxygens (including phenoxy) is 1. The van der Waals surface area contributed by atoms with Crippen molar-refractivity contribution in [2.75, 3.05) is 26.8 Å². The Hall–Kier alpha value is -1.73. The number of hydrogen-bond acceptors (Lipinski definition) is 3. The second-order valence-corrected chi connectivity index (χ2v) is 5.96. The van der Waals surface area contributed by atoms with E-state index in [0.29, 0.717) is 13.2 Å². The molecule has 0 aromatic heterocycles. The molecule has 0 radical (unpaired) electrons. The van der Waals surface area contributed by atoms with Gasteiger partial charge in [-0.15, -0.1) is 0 Å². The number of rotatable bonds is 8. The van der Waals surface area contributed by atoms with Gasteiger partial charge < -0.3 is 20.5 Å². The van der Waals surface area contributed by atoms with Gasteiger partial charge in [-0.1, -0.05) is 6.07 Å². The van der Waals surface area contributed by atoms with E-state index in [0.717, 1.165) is 31.4 Å². The summed E-state index contributed by atoms with van der Waals surface area (Å²) >= 11 is 0. The van der Waals surface area contributed by atoms with Gasteiger partial charge in [0.2, 0.25) is 0 Å². The van der Waals surface area contributed by atoms with Gasteiger partial charge in [0, 0.05) is 26.8 Å². The lowest BCUT2D eigenvalue weighted by Gasteiger charge is -2.17. The third-order valence-electron chi connectivity index (χ3n) is 4.21. The van der Waals surface area contributed by atoms with E-state index in [1.54, 1.807) is 7.11 Å². The lowest BCUT2D eigenvalue weighted by Crippen LogP contribution is -2.40. The fourth-order valence-corrected chi connectivity index (χ4v) is 2.46. The Morgan fingerprint density at radius 3 is 2.57 bits per heavy atom. The summed E-state index contributed by atoms with van der Waals surface area (Å²) in [4.78, 5) is 11.7. The van der Waals surface area contributed by atoms with E-state index in [1.165, 1.54) is 6.07 Å². The Labute approximate surface area is 134 Å². The number of amides is 2. The van der Waals surface area contributed by atoms with E-state index in [4.69, 9.17) is 4.74 Å². The van der Waals surface area contributed by atoms with Gasteiger partial charge >= 0.3 is 6.03 Å². The first-order valence-corrected chi connectivity index (χ1v) is 7.60. The Balaban J connectivity index is 1.76. The van der Waals surface area contributed by atoms with Crippen LogP contribution in [0.25, 0.3) is 0 Å². The number of aliphatic hydroxyl groups is 1. The highest BCUT2D eigenvalue weighted by atomic mass is 19.1. The van der Waals surface area contributed by atoms with Crippen LogP contribution in [0, 0.1) is 17.0 Å². The minimum absolute atomic E-state index is 0.101. The smallest absolute Gasteiger partial charge is 0.314 e. The Bertz CT molecular complexity index is 530. The van der Waals surface area contributed by atoms with Crippen molar-refractivity contribution in [1.82, 2.24) is 10.6 Å². The molecular weight excluding hydrogens is 306 g/mol. The van der Waals surface area contributed by atoms with Crippen molar-refractivity contribution < 1.29 is 23.4 Å². The fraction of sp³-hybridized carbons (Fsp3) is 0.562. The van der Waals surface area contributed by atoms with Crippen molar-refractivity contribution in [1.29, 1.82) is 0 Å². The molecule has 1 atom stereocenters. The third-order valence-corrected chi connectivity index (χ3v) is 4.21. The first-order valence-electron chi connectivity index (χ1n) is 7.60. The van der Waals surface area contributed by atoms with Crippen LogP contribution in [0.2, 0.25) is 0 Å². The molecule has 1 aliphatic carbocycles. The van der Waals surface area contributed by atoms with E-state index in [9.17, 15) is 18.7 Å². The molecule has 0 heterocycles. The Morgan fingerprint density at radius 2 is 2.00 bits per heavy atom. The van der Waals surface area contributed by atoms with Crippen LogP contribution in [0.5, 0.6) is 0 Å². The monoisotopic (exact) mass is 328 g/mol. The number of urea groups is 1. The van der Waals surface area contributed by atoms with Crippen LogP contribution in [0.15, 0.2) is 18.2 Å². The summed E-state index contributed by atoms with van der Waals surface area (Å²) in [5.41, 5.74) is -0.338. The molecule has 1 saturated carbocycles. The predicted molar refractivity (Wildman–Crippen MR) is 80.9 cm³/mol. The lowest BCUT2D eigenvalue weighted by molar-refractivity contribution is 0.162. The molecule has 2 rings (SSSR count). The zero-order valence-corrected chi connectivity index (χ0v) is 13.1. The van der Waals surface area contributed by atoms with Crippen LogP contribution in [0.3, 0.4) is 0 Å². The van der Waals surface area contributed by atoms with Crippen molar-refractivity contribution in [3.8, 4) is 0 Å². The largest absolute Gasteiger partial charge is 0.386 e. The summed E-state index contributed by atoms with van der Waals surface area (Å²) in [5, 5.41) is 15.0. The predicted octanol–water partition coefficient (Wildman–Crippen LogP) is 2.11. The quantitative estimate of drug-likeness (QED) is 0.684. The number of halogens is 2. The van der Waals surface area contributed by atoms with Gasteiger partial charge in [0.15, 0.2) is 0 Å². The normalized spacial score (nSPS) is 16.7. The average Bonchev–Trinajstić information content (AvgIpc) is 3.29. The fourth-order valence-electron chi connectivity index (χ4n) is 2.46. The van der Waals surface area contributed by atoms with Crippen LogP contribution in [-0.2, 0) is 4.74 Å². The summed E-state index contributed by atoms with van der Waals surface area (Å²) in [6.45, 7) is 0.898. The van der Waals surface area contributed by atoms with Crippen LogP contribution in [0.1, 0.15) is 30.9 Å². The summed E-state index contributed by atoms with van der Waals surface area (Å²) in [7, 11) is 1.64. The second-order valence-electron chi connectivity index (χ2n) is 5.96. The molecular formula is C16H22F2N2O3. The number of hydrogen-bond donors (Lipinski definition) is 3. The maximum absolute atomic E-state index is 13.5. The molecule has 2 amide bonds. The van der Waals surface area contributed by atoms with E-state index < -0.39 is 29.3 Å². The number of carbonyl (C=O) groups is 1.